The lowest BCUT2D eigenvalue weighted by Crippen LogP contribution is -2.30. The number of amides is 1. The van der Waals surface area contributed by atoms with Gasteiger partial charge in [-0.05, 0) is 38.1 Å². The molecule has 0 saturated heterocycles. The molecule has 0 fully saturated rings. The molecule has 1 aromatic heterocycles. The summed E-state index contributed by atoms with van der Waals surface area (Å²) < 4.78 is 12.6. The van der Waals surface area contributed by atoms with Gasteiger partial charge < -0.3 is 19.6 Å². The highest BCUT2D eigenvalue weighted by Crippen LogP contribution is 2.17. The van der Waals surface area contributed by atoms with Crippen molar-refractivity contribution in [2.45, 2.75) is 13.8 Å². The third kappa shape index (κ3) is 6.46. The minimum Gasteiger partial charge on any atom is -0.494 e. The third-order valence-corrected chi connectivity index (χ3v) is 3.35. The molecule has 2 rings (SSSR count). The van der Waals surface area contributed by atoms with Crippen LogP contribution in [0.3, 0.4) is 0 Å². The Hall–Kier alpha value is -3.03. The predicted octanol–water partition coefficient (Wildman–Crippen LogP) is 1.75. The van der Waals surface area contributed by atoms with Gasteiger partial charge in [0.15, 0.2) is 6.61 Å². The van der Waals surface area contributed by atoms with Crippen LogP contribution >= 0.6 is 0 Å². The van der Waals surface area contributed by atoms with Crippen LogP contribution in [0.25, 0.3) is 0 Å². The Morgan fingerprint density at radius 1 is 1.23 bits per heavy atom. The quantitative estimate of drug-likeness (QED) is 0.396. The summed E-state index contributed by atoms with van der Waals surface area (Å²) in [6.07, 6.45) is 3.50. The molecular weight excluding hydrogens is 336 g/mol. The number of hydrogen-bond acceptors (Lipinski definition) is 6. The predicted molar refractivity (Wildman–Crippen MR) is 97.5 cm³/mol. The van der Waals surface area contributed by atoms with E-state index in [4.69, 9.17) is 14.3 Å². The Morgan fingerprint density at radius 3 is 2.54 bits per heavy atom. The molecule has 2 aromatic rings. The lowest BCUT2D eigenvalue weighted by Gasteiger charge is -2.08. The fraction of sp³-hybridized carbons (Fsp3) is 0.389. The monoisotopic (exact) mass is 360 g/mol. The first-order valence-electron chi connectivity index (χ1n) is 8.36. The molecule has 0 bridgehead atoms. The van der Waals surface area contributed by atoms with Crippen LogP contribution in [0.1, 0.15) is 19.4 Å². The van der Waals surface area contributed by atoms with Gasteiger partial charge >= 0.3 is 0 Å². The molecule has 0 saturated carbocycles. The highest BCUT2D eigenvalue weighted by atomic mass is 16.6. The van der Waals surface area contributed by atoms with E-state index in [1.54, 1.807) is 17.8 Å². The Morgan fingerprint density at radius 2 is 1.92 bits per heavy atom. The summed E-state index contributed by atoms with van der Waals surface area (Å²) >= 11 is 0. The molecule has 0 unspecified atom stereocenters. The van der Waals surface area contributed by atoms with Gasteiger partial charge in [-0.3, -0.25) is 9.48 Å². The van der Waals surface area contributed by atoms with Crippen molar-refractivity contribution in [2.75, 3.05) is 26.4 Å². The number of rotatable bonds is 10. The SMILES string of the molecule is CCOc1ccc(OCCNC(=O)CO/N=C(/C)c2cnn(C)c2)cc1. The van der Waals surface area contributed by atoms with Crippen molar-refractivity contribution in [1.82, 2.24) is 15.1 Å². The maximum absolute atomic E-state index is 11.7. The van der Waals surface area contributed by atoms with E-state index < -0.39 is 0 Å². The number of benzene rings is 1. The molecule has 0 atom stereocenters. The molecule has 140 valence electrons. The molecule has 8 heteroatoms. The molecule has 1 heterocycles. The van der Waals surface area contributed by atoms with Gasteiger partial charge in [-0.1, -0.05) is 5.16 Å². The summed E-state index contributed by atoms with van der Waals surface area (Å²) in [6, 6.07) is 7.33. The van der Waals surface area contributed by atoms with Gasteiger partial charge in [0.25, 0.3) is 5.91 Å². The van der Waals surface area contributed by atoms with Crippen molar-refractivity contribution in [3.8, 4) is 11.5 Å². The first-order valence-corrected chi connectivity index (χ1v) is 8.36. The van der Waals surface area contributed by atoms with Gasteiger partial charge in [-0.2, -0.15) is 5.10 Å². The van der Waals surface area contributed by atoms with Crippen molar-refractivity contribution in [1.29, 1.82) is 0 Å². The van der Waals surface area contributed by atoms with Gasteiger partial charge in [0.05, 0.1) is 25.1 Å². The Kier molecular flexibility index (Phi) is 7.48. The van der Waals surface area contributed by atoms with Gasteiger partial charge in [-0.25, -0.2) is 0 Å². The molecular formula is C18H24N4O4. The third-order valence-electron chi connectivity index (χ3n) is 3.35. The summed E-state index contributed by atoms with van der Waals surface area (Å²) in [5, 5.41) is 10.7. The molecule has 1 amide bonds. The summed E-state index contributed by atoms with van der Waals surface area (Å²) in [5.41, 5.74) is 1.50. The van der Waals surface area contributed by atoms with Gasteiger partial charge in [0.1, 0.15) is 18.1 Å². The van der Waals surface area contributed by atoms with Gasteiger partial charge in [0.2, 0.25) is 0 Å². The van der Waals surface area contributed by atoms with E-state index in [-0.39, 0.29) is 12.5 Å². The van der Waals surface area contributed by atoms with Crippen molar-refractivity contribution >= 4 is 11.6 Å². The molecule has 0 aliphatic heterocycles. The van der Waals surface area contributed by atoms with Crippen LogP contribution in [-0.2, 0) is 16.7 Å². The van der Waals surface area contributed by atoms with Crippen LogP contribution in [0.5, 0.6) is 11.5 Å². The topological polar surface area (TPSA) is 87.0 Å². The van der Waals surface area contributed by atoms with Crippen molar-refractivity contribution < 1.29 is 19.1 Å². The number of ether oxygens (including phenoxy) is 2. The van der Waals surface area contributed by atoms with Crippen LogP contribution < -0.4 is 14.8 Å². The average Bonchev–Trinajstić information content (AvgIpc) is 3.07. The van der Waals surface area contributed by atoms with Gasteiger partial charge in [-0.15, -0.1) is 0 Å². The first-order chi connectivity index (χ1) is 12.6. The number of aryl methyl sites for hydroxylation is 1. The van der Waals surface area contributed by atoms with Crippen LogP contribution in [0.4, 0.5) is 0 Å². The maximum Gasteiger partial charge on any atom is 0.260 e. The summed E-state index contributed by atoms with van der Waals surface area (Å²) in [5.74, 6) is 1.26. The number of nitrogens with one attached hydrogen (secondary N) is 1. The number of hydrogen-bond donors (Lipinski definition) is 1. The Bertz CT molecular complexity index is 725. The summed E-state index contributed by atoms with van der Waals surface area (Å²) in [6.45, 7) is 4.93. The highest BCUT2D eigenvalue weighted by Gasteiger charge is 2.04. The fourth-order valence-corrected chi connectivity index (χ4v) is 2.06. The van der Waals surface area contributed by atoms with E-state index in [0.29, 0.717) is 25.5 Å². The second-order valence-electron chi connectivity index (χ2n) is 5.46. The van der Waals surface area contributed by atoms with Crippen LogP contribution in [0, 0.1) is 0 Å². The molecule has 0 spiro atoms. The number of oxime groups is 1. The van der Waals surface area contributed by atoms with E-state index in [1.165, 1.54) is 0 Å². The van der Waals surface area contributed by atoms with E-state index in [0.717, 1.165) is 17.1 Å². The largest absolute Gasteiger partial charge is 0.494 e. The first kappa shape index (κ1) is 19.3. The number of nitrogens with zero attached hydrogens (tertiary/aromatic N) is 3. The Balaban J connectivity index is 1.61. The minimum absolute atomic E-state index is 0.152. The molecule has 0 aliphatic rings. The average molecular weight is 360 g/mol. The molecule has 8 nitrogen and oxygen atoms in total. The van der Waals surface area contributed by atoms with Crippen LogP contribution in [-0.4, -0.2) is 47.8 Å². The zero-order valence-electron chi connectivity index (χ0n) is 15.3. The number of carbonyl (C=O) groups is 1. The number of aromatic nitrogens is 2. The second kappa shape index (κ2) is 10.1. The molecule has 0 radical (unpaired) electrons. The Labute approximate surface area is 152 Å². The zero-order chi connectivity index (χ0) is 18.8. The molecule has 0 aliphatic carbocycles. The van der Waals surface area contributed by atoms with E-state index in [1.807, 2.05) is 44.4 Å². The lowest BCUT2D eigenvalue weighted by atomic mass is 10.2. The van der Waals surface area contributed by atoms with E-state index in [2.05, 4.69) is 15.6 Å². The molecule has 26 heavy (non-hydrogen) atoms. The van der Waals surface area contributed by atoms with Crippen molar-refractivity contribution in [3.63, 3.8) is 0 Å². The fourth-order valence-electron chi connectivity index (χ4n) is 2.06. The van der Waals surface area contributed by atoms with Gasteiger partial charge in [0, 0.05) is 18.8 Å². The van der Waals surface area contributed by atoms with Crippen molar-refractivity contribution in [3.05, 3.63) is 42.2 Å². The molecule has 1 N–H and O–H groups in total. The normalized spacial score (nSPS) is 11.1. The highest BCUT2D eigenvalue weighted by molar-refractivity contribution is 5.97. The van der Waals surface area contributed by atoms with E-state index >= 15 is 0 Å². The maximum atomic E-state index is 11.7. The zero-order valence-corrected chi connectivity index (χ0v) is 15.3. The summed E-state index contributed by atoms with van der Waals surface area (Å²) in [4.78, 5) is 16.8. The minimum atomic E-state index is -0.261. The van der Waals surface area contributed by atoms with Crippen LogP contribution in [0.15, 0.2) is 41.8 Å². The standard InChI is InChI=1S/C18H24N4O4/c1-4-24-16-5-7-17(8-6-16)25-10-9-19-18(23)13-26-21-14(2)15-11-20-22(3)12-15/h5-8,11-12H,4,9-10,13H2,1-3H3,(H,19,23)/b21-14-. The van der Waals surface area contributed by atoms with Crippen LogP contribution in [0.2, 0.25) is 0 Å². The summed E-state index contributed by atoms with van der Waals surface area (Å²) in [7, 11) is 1.82. The lowest BCUT2D eigenvalue weighted by molar-refractivity contribution is -0.125. The molecule has 1 aromatic carbocycles. The smallest absolute Gasteiger partial charge is 0.260 e. The second-order valence-corrected chi connectivity index (χ2v) is 5.46. The van der Waals surface area contributed by atoms with Crippen molar-refractivity contribution in [2.24, 2.45) is 12.2 Å². The van der Waals surface area contributed by atoms with E-state index in [9.17, 15) is 4.79 Å². The number of carbonyl (C=O) groups excluding carboxylic acids is 1.